The molecule has 0 amide bonds. The van der Waals surface area contributed by atoms with Crippen LogP contribution in [-0.2, 0) is 9.53 Å². The predicted octanol–water partition coefficient (Wildman–Crippen LogP) is 8.61. The summed E-state index contributed by atoms with van der Waals surface area (Å²) >= 11 is 17.6. The highest BCUT2D eigenvalue weighted by atomic mass is 35.8. The number of carbonyl (C=O) groups is 1. The molecule has 27 heavy (non-hydrogen) atoms. The molecular weight excluding hydrogens is 419 g/mol. The largest absolute Gasteiger partial charge is 0.460 e. The lowest BCUT2D eigenvalue weighted by molar-refractivity contribution is -0.142. The van der Waals surface area contributed by atoms with Crippen LogP contribution in [0.25, 0.3) is 0 Å². The molecule has 2 nitrogen and oxygen atoms in total. The van der Waals surface area contributed by atoms with Crippen molar-refractivity contribution >= 4 is 45.2 Å². The van der Waals surface area contributed by atoms with Crippen molar-refractivity contribution in [3.8, 4) is 0 Å². The number of unbranched alkanes of at least 4 members (excludes halogenated alkanes) is 13. The first-order chi connectivity index (χ1) is 12.8. The molecule has 0 spiro atoms. The lowest BCUT2D eigenvalue weighted by Gasteiger charge is -2.11. The first kappa shape index (κ1) is 27.3. The van der Waals surface area contributed by atoms with Gasteiger partial charge in [0, 0.05) is 6.08 Å². The molecule has 1 atom stereocenters. The van der Waals surface area contributed by atoms with Crippen LogP contribution in [0.3, 0.4) is 0 Å². The summed E-state index contributed by atoms with van der Waals surface area (Å²) < 4.78 is 5.16. The summed E-state index contributed by atoms with van der Waals surface area (Å²) in [6.07, 6.45) is 20.2. The van der Waals surface area contributed by atoms with E-state index in [0.717, 1.165) is 25.3 Å². The van der Waals surface area contributed by atoms with Crippen LogP contribution >= 0.6 is 33.2 Å². The number of halogens is 3. The smallest absolute Gasteiger partial charge is 0.341 e. The molecule has 0 heterocycles. The highest BCUT2D eigenvalue weighted by Gasteiger charge is 2.23. The standard InChI is InChI=1S/C21H39Cl3O2Si/c1-3-21(25)26-20(2)18-16-14-12-10-8-6-4-5-7-9-11-13-15-17-19-27(22,23)24/h3,20H,1,4-19H2,2H3. The molecule has 0 aromatic carbocycles. The summed E-state index contributed by atoms with van der Waals surface area (Å²) in [6.45, 7) is 5.36. The van der Waals surface area contributed by atoms with Crippen LogP contribution in [0.1, 0.15) is 103 Å². The van der Waals surface area contributed by atoms with Crippen LogP contribution in [0, 0.1) is 0 Å². The van der Waals surface area contributed by atoms with Gasteiger partial charge in [-0.25, -0.2) is 4.79 Å². The minimum absolute atomic E-state index is 0.00638. The average molecular weight is 458 g/mol. The van der Waals surface area contributed by atoms with Crippen LogP contribution in [-0.4, -0.2) is 18.1 Å². The number of rotatable bonds is 19. The van der Waals surface area contributed by atoms with Crippen molar-refractivity contribution in [2.24, 2.45) is 0 Å². The monoisotopic (exact) mass is 456 g/mol. The molecule has 0 aromatic heterocycles. The Labute approximate surface area is 182 Å². The Morgan fingerprint density at radius 3 is 1.56 bits per heavy atom. The number of hydrogen-bond donors (Lipinski definition) is 0. The predicted molar refractivity (Wildman–Crippen MR) is 123 cm³/mol. The second-order valence-electron chi connectivity index (χ2n) is 7.56. The number of ether oxygens (including phenoxy) is 1. The first-order valence-electron chi connectivity index (χ1n) is 10.7. The molecule has 0 bridgehead atoms. The molecule has 0 saturated heterocycles. The van der Waals surface area contributed by atoms with E-state index in [1.165, 1.54) is 83.1 Å². The summed E-state index contributed by atoms with van der Waals surface area (Å²) in [5.41, 5.74) is 0. The molecule has 0 aliphatic heterocycles. The summed E-state index contributed by atoms with van der Waals surface area (Å²) in [5, 5.41) is 0. The molecule has 0 aliphatic rings. The van der Waals surface area contributed by atoms with Gasteiger partial charge in [0.2, 0.25) is 0 Å². The minimum atomic E-state index is -2.38. The summed E-state index contributed by atoms with van der Waals surface area (Å²) in [4.78, 5) is 11.1. The van der Waals surface area contributed by atoms with Crippen LogP contribution in [0.4, 0.5) is 0 Å². The van der Waals surface area contributed by atoms with E-state index in [0.29, 0.717) is 0 Å². The molecule has 0 aromatic rings. The van der Waals surface area contributed by atoms with Crippen molar-refractivity contribution in [3.63, 3.8) is 0 Å². The third kappa shape index (κ3) is 22.4. The quantitative estimate of drug-likeness (QED) is 0.0637. The Bertz CT molecular complexity index is 373. The Morgan fingerprint density at radius 1 is 0.815 bits per heavy atom. The third-order valence-corrected chi connectivity index (χ3v) is 7.43. The van der Waals surface area contributed by atoms with Gasteiger partial charge in [-0.15, -0.1) is 33.2 Å². The van der Waals surface area contributed by atoms with E-state index in [9.17, 15) is 4.79 Å². The van der Waals surface area contributed by atoms with Crippen LogP contribution < -0.4 is 0 Å². The number of hydrogen-bond acceptors (Lipinski definition) is 2. The molecule has 6 heteroatoms. The molecule has 160 valence electrons. The second-order valence-corrected chi connectivity index (χ2v) is 16.8. The van der Waals surface area contributed by atoms with E-state index in [1.54, 1.807) is 0 Å². The highest BCUT2D eigenvalue weighted by molar-refractivity contribution is 7.64. The van der Waals surface area contributed by atoms with Crippen LogP contribution in [0.2, 0.25) is 6.04 Å². The van der Waals surface area contributed by atoms with Gasteiger partial charge >= 0.3 is 12.0 Å². The zero-order valence-electron chi connectivity index (χ0n) is 17.1. The number of esters is 1. The van der Waals surface area contributed by atoms with Gasteiger partial charge in [0.25, 0.3) is 0 Å². The lowest BCUT2D eigenvalue weighted by Crippen LogP contribution is -2.12. The fourth-order valence-electron chi connectivity index (χ4n) is 3.18. The van der Waals surface area contributed by atoms with Gasteiger partial charge in [0.05, 0.1) is 6.10 Å². The summed E-state index contributed by atoms with van der Waals surface area (Å²) in [6, 6.07) is -1.57. The molecule has 1 unspecified atom stereocenters. The maximum absolute atomic E-state index is 11.1. The zero-order valence-corrected chi connectivity index (χ0v) is 20.4. The Hall–Kier alpha value is 0.297. The van der Waals surface area contributed by atoms with E-state index in [1.807, 2.05) is 6.92 Å². The van der Waals surface area contributed by atoms with E-state index in [4.69, 9.17) is 38.0 Å². The van der Waals surface area contributed by atoms with Gasteiger partial charge < -0.3 is 4.74 Å². The summed E-state index contributed by atoms with van der Waals surface area (Å²) in [5.74, 6) is -0.316. The van der Waals surface area contributed by atoms with Crippen LogP contribution in [0.5, 0.6) is 0 Å². The van der Waals surface area contributed by atoms with E-state index in [-0.39, 0.29) is 12.1 Å². The maximum Gasteiger partial charge on any atom is 0.341 e. The van der Waals surface area contributed by atoms with Crippen molar-refractivity contribution in [1.82, 2.24) is 0 Å². The van der Waals surface area contributed by atoms with Gasteiger partial charge in [0.1, 0.15) is 0 Å². The van der Waals surface area contributed by atoms with Gasteiger partial charge in [-0.05, 0) is 25.8 Å². The van der Waals surface area contributed by atoms with Gasteiger partial charge in [0.15, 0.2) is 0 Å². The Balaban J connectivity index is 3.17. The van der Waals surface area contributed by atoms with Crippen molar-refractivity contribution in [2.45, 2.75) is 115 Å². The van der Waals surface area contributed by atoms with E-state index in [2.05, 4.69) is 6.58 Å². The number of carbonyl (C=O) groups excluding carboxylic acids is 1. The maximum atomic E-state index is 11.1. The fourth-order valence-corrected chi connectivity index (χ4v) is 5.04. The molecule has 0 radical (unpaired) electrons. The molecule has 0 fully saturated rings. The molecule has 0 rings (SSSR count). The molecule has 0 aliphatic carbocycles. The molecule has 0 N–H and O–H groups in total. The van der Waals surface area contributed by atoms with Gasteiger partial charge in [-0.2, -0.15) is 0 Å². The van der Waals surface area contributed by atoms with Crippen molar-refractivity contribution in [2.75, 3.05) is 0 Å². The topological polar surface area (TPSA) is 26.3 Å². The second kappa shape index (κ2) is 18.3. The van der Waals surface area contributed by atoms with E-state index < -0.39 is 6.00 Å². The Morgan fingerprint density at radius 2 is 1.19 bits per heavy atom. The zero-order chi connectivity index (χ0) is 20.4. The fraction of sp³-hybridized carbons (Fsp3) is 0.857. The van der Waals surface area contributed by atoms with Gasteiger partial charge in [-0.1, -0.05) is 90.0 Å². The Kier molecular flexibility index (Phi) is 18.5. The lowest BCUT2D eigenvalue weighted by atomic mass is 10.0. The first-order valence-corrected chi connectivity index (χ1v) is 16.0. The summed E-state index contributed by atoms with van der Waals surface area (Å²) in [7, 11) is 0. The highest BCUT2D eigenvalue weighted by Crippen LogP contribution is 2.27. The van der Waals surface area contributed by atoms with E-state index >= 15 is 0 Å². The molecule has 0 saturated carbocycles. The van der Waals surface area contributed by atoms with Crippen molar-refractivity contribution < 1.29 is 9.53 Å². The van der Waals surface area contributed by atoms with Crippen molar-refractivity contribution in [3.05, 3.63) is 12.7 Å². The van der Waals surface area contributed by atoms with Crippen LogP contribution in [0.15, 0.2) is 12.7 Å². The SMILES string of the molecule is C=CC(=O)OC(C)CCCCCCCCCCCCCCCC[Si](Cl)(Cl)Cl. The van der Waals surface area contributed by atoms with Crippen molar-refractivity contribution in [1.29, 1.82) is 0 Å². The average Bonchev–Trinajstić information content (AvgIpc) is 2.60. The van der Waals surface area contributed by atoms with Gasteiger partial charge in [-0.3, -0.25) is 0 Å². The normalized spacial score (nSPS) is 12.7. The molecular formula is C21H39Cl3O2Si. The minimum Gasteiger partial charge on any atom is -0.460 e. The third-order valence-electron chi connectivity index (χ3n) is 4.80.